The Balaban J connectivity index is 1.85. The number of aryl methyl sites for hydroxylation is 1. The van der Waals surface area contributed by atoms with Crippen molar-refractivity contribution in [1.29, 1.82) is 0 Å². The molecule has 1 aromatic heterocycles. The van der Waals surface area contributed by atoms with Gasteiger partial charge in [0.25, 0.3) is 0 Å². The van der Waals surface area contributed by atoms with E-state index in [2.05, 4.69) is 4.98 Å². The van der Waals surface area contributed by atoms with Crippen molar-refractivity contribution in [2.24, 2.45) is 7.05 Å². The van der Waals surface area contributed by atoms with Crippen LogP contribution in [0.1, 0.15) is 18.2 Å². The molecule has 2 heterocycles. The maximum Gasteiger partial charge on any atom is 0.246 e. The monoisotopic (exact) mass is 339 g/mol. The predicted octanol–water partition coefficient (Wildman–Crippen LogP) is 1.75. The number of nitrogens with zero attached hydrogens (tertiary/aromatic N) is 3. The van der Waals surface area contributed by atoms with Gasteiger partial charge >= 0.3 is 0 Å². The fourth-order valence-electron chi connectivity index (χ4n) is 2.88. The Morgan fingerprint density at radius 3 is 2.78 bits per heavy atom. The van der Waals surface area contributed by atoms with Crippen molar-refractivity contribution in [3.63, 3.8) is 0 Å². The molecule has 1 fully saturated rings. The maximum atomic E-state index is 14.1. The first-order valence-corrected chi connectivity index (χ1v) is 8.68. The Bertz CT molecular complexity index is 819. The van der Waals surface area contributed by atoms with E-state index in [0.717, 1.165) is 11.9 Å². The first kappa shape index (κ1) is 15.9. The van der Waals surface area contributed by atoms with Gasteiger partial charge in [-0.15, -0.1) is 0 Å². The van der Waals surface area contributed by atoms with Crippen molar-refractivity contribution < 1.29 is 17.5 Å². The van der Waals surface area contributed by atoms with E-state index in [-0.39, 0.29) is 16.6 Å². The highest BCUT2D eigenvalue weighted by Crippen LogP contribution is 2.31. The second-order valence-corrected chi connectivity index (χ2v) is 7.45. The van der Waals surface area contributed by atoms with Crippen LogP contribution < -0.4 is 4.74 Å². The van der Waals surface area contributed by atoms with Crippen LogP contribution in [-0.2, 0) is 17.1 Å². The topological polar surface area (TPSA) is 64.4 Å². The molecule has 0 spiro atoms. The second-order valence-electron chi connectivity index (χ2n) is 5.54. The number of methoxy groups -OCH3 is 1. The standard InChI is InChI=1S/C15H18FN3O3S/c1-18-8-6-17-15(18)11-5-7-19(10-11)23(20,21)14-4-3-12(22-2)9-13(14)16/h3-4,6,8-9,11H,5,7,10H2,1-2H3. The summed E-state index contributed by atoms with van der Waals surface area (Å²) in [4.78, 5) is 3.96. The van der Waals surface area contributed by atoms with Crippen LogP contribution in [-0.4, -0.2) is 42.5 Å². The summed E-state index contributed by atoms with van der Waals surface area (Å²) in [5, 5.41) is 0. The molecule has 124 valence electrons. The minimum absolute atomic E-state index is 0.0195. The van der Waals surface area contributed by atoms with Gasteiger partial charge in [-0.2, -0.15) is 4.31 Å². The summed E-state index contributed by atoms with van der Waals surface area (Å²) in [6, 6.07) is 3.78. The molecule has 1 atom stereocenters. The quantitative estimate of drug-likeness (QED) is 0.851. The second kappa shape index (κ2) is 5.93. The number of benzene rings is 1. The van der Waals surface area contributed by atoms with Crippen molar-refractivity contribution in [2.75, 3.05) is 20.2 Å². The van der Waals surface area contributed by atoms with Crippen molar-refractivity contribution in [3.8, 4) is 5.75 Å². The summed E-state index contributed by atoms with van der Waals surface area (Å²) in [5.41, 5.74) is 0. The van der Waals surface area contributed by atoms with Gasteiger partial charge in [-0.05, 0) is 18.6 Å². The molecule has 8 heteroatoms. The number of hydrogen-bond donors (Lipinski definition) is 0. The number of rotatable bonds is 4. The fraction of sp³-hybridized carbons (Fsp3) is 0.400. The molecule has 0 radical (unpaired) electrons. The molecule has 23 heavy (non-hydrogen) atoms. The van der Waals surface area contributed by atoms with E-state index in [4.69, 9.17) is 4.74 Å². The molecule has 0 saturated carbocycles. The zero-order valence-electron chi connectivity index (χ0n) is 12.9. The normalized spacial score (nSPS) is 19.2. The van der Waals surface area contributed by atoms with Gasteiger partial charge in [0, 0.05) is 44.5 Å². The van der Waals surface area contributed by atoms with Gasteiger partial charge in [-0.1, -0.05) is 0 Å². The highest BCUT2D eigenvalue weighted by Gasteiger charge is 2.36. The zero-order valence-corrected chi connectivity index (χ0v) is 13.8. The minimum atomic E-state index is -3.87. The molecule has 0 bridgehead atoms. The third kappa shape index (κ3) is 2.84. The van der Waals surface area contributed by atoms with Crippen LogP contribution in [0.15, 0.2) is 35.5 Å². The number of imidazole rings is 1. The van der Waals surface area contributed by atoms with Crippen LogP contribution in [0.25, 0.3) is 0 Å². The number of hydrogen-bond acceptors (Lipinski definition) is 4. The van der Waals surface area contributed by atoms with Gasteiger partial charge in [-0.25, -0.2) is 17.8 Å². The van der Waals surface area contributed by atoms with E-state index >= 15 is 0 Å². The molecule has 1 saturated heterocycles. The summed E-state index contributed by atoms with van der Waals surface area (Å²) in [5.74, 6) is 0.350. The molecule has 0 amide bonds. The van der Waals surface area contributed by atoms with E-state index in [9.17, 15) is 12.8 Å². The van der Waals surface area contributed by atoms with E-state index in [1.807, 2.05) is 17.8 Å². The van der Waals surface area contributed by atoms with Crippen molar-refractivity contribution >= 4 is 10.0 Å². The molecule has 2 aromatic rings. The lowest BCUT2D eigenvalue weighted by Crippen LogP contribution is -2.29. The van der Waals surface area contributed by atoms with Crippen LogP contribution >= 0.6 is 0 Å². The fourth-order valence-corrected chi connectivity index (χ4v) is 4.43. The highest BCUT2D eigenvalue weighted by atomic mass is 32.2. The van der Waals surface area contributed by atoms with Crippen molar-refractivity contribution in [3.05, 3.63) is 42.2 Å². The lowest BCUT2D eigenvalue weighted by Gasteiger charge is -2.17. The van der Waals surface area contributed by atoms with E-state index < -0.39 is 15.8 Å². The van der Waals surface area contributed by atoms with Crippen LogP contribution in [0.3, 0.4) is 0 Å². The SMILES string of the molecule is COc1ccc(S(=O)(=O)N2CCC(c3nccn3C)C2)c(F)c1. The van der Waals surface area contributed by atoms with Crippen molar-refractivity contribution in [1.82, 2.24) is 13.9 Å². The first-order chi connectivity index (χ1) is 10.9. The lowest BCUT2D eigenvalue weighted by atomic mass is 10.1. The highest BCUT2D eigenvalue weighted by molar-refractivity contribution is 7.89. The molecule has 3 rings (SSSR count). The average molecular weight is 339 g/mol. The van der Waals surface area contributed by atoms with Gasteiger partial charge in [-0.3, -0.25) is 0 Å². The average Bonchev–Trinajstić information content (AvgIpc) is 3.15. The van der Waals surface area contributed by atoms with E-state index in [1.54, 1.807) is 6.20 Å². The summed E-state index contributed by atoms with van der Waals surface area (Å²) >= 11 is 0. The summed E-state index contributed by atoms with van der Waals surface area (Å²) in [6.45, 7) is 0.657. The lowest BCUT2D eigenvalue weighted by molar-refractivity contribution is 0.409. The summed E-state index contributed by atoms with van der Waals surface area (Å²) in [6.07, 6.45) is 4.19. The molecular weight excluding hydrogens is 321 g/mol. The smallest absolute Gasteiger partial charge is 0.246 e. The molecule has 0 aliphatic carbocycles. The van der Waals surface area contributed by atoms with E-state index in [1.165, 1.54) is 23.5 Å². The van der Waals surface area contributed by atoms with Crippen LogP contribution in [0, 0.1) is 5.82 Å². The van der Waals surface area contributed by atoms with Crippen LogP contribution in [0.2, 0.25) is 0 Å². The molecule has 1 aliphatic rings. The maximum absolute atomic E-state index is 14.1. The minimum Gasteiger partial charge on any atom is -0.497 e. The Labute approximate surface area is 134 Å². The summed E-state index contributed by atoms with van der Waals surface area (Å²) in [7, 11) is -0.584. The molecule has 1 aromatic carbocycles. The van der Waals surface area contributed by atoms with Crippen LogP contribution in [0.5, 0.6) is 5.75 Å². The number of aromatic nitrogens is 2. The Kier molecular flexibility index (Phi) is 4.11. The third-order valence-corrected chi connectivity index (χ3v) is 6.03. The first-order valence-electron chi connectivity index (χ1n) is 7.24. The molecule has 0 N–H and O–H groups in total. The number of halogens is 1. The molecule has 1 aliphatic heterocycles. The van der Waals surface area contributed by atoms with Gasteiger partial charge in [0.15, 0.2) is 0 Å². The summed E-state index contributed by atoms with van der Waals surface area (Å²) < 4.78 is 47.6. The molecular formula is C15H18FN3O3S. The Hall–Kier alpha value is -1.93. The Morgan fingerprint density at radius 2 is 2.17 bits per heavy atom. The predicted molar refractivity (Wildman–Crippen MR) is 82.3 cm³/mol. The number of sulfonamides is 1. The largest absolute Gasteiger partial charge is 0.497 e. The van der Waals surface area contributed by atoms with Gasteiger partial charge in [0.05, 0.1) is 7.11 Å². The van der Waals surface area contributed by atoms with Gasteiger partial charge in [0.1, 0.15) is 22.3 Å². The van der Waals surface area contributed by atoms with E-state index in [0.29, 0.717) is 19.5 Å². The third-order valence-electron chi connectivity index (χ3n) is 4.13. The zero-order chi connectivity index (χ0) is 16.6. The van der Waals surface area contributed by atoms with Crippen LogP contribution in [0.4, 0.5) is 4.39 Å². The molecule has 1 unspecified atom stereocenters. The van der Waals surface area contributed by atoms with Crippen molar-refractivity contribution in [2.45, 2.75) is 17.2 Å². The van der Waals surface area contributed by atoms with Gasteiger partial charge in [0.2, 0.25) is 10.0 Å². The molecule has 6 nitrogen and oxygen atoms in total. The number of ether oxygens (including phenoxy) is 1. The van der Waals surface area contributed by atoms with Gasteiger partial charge < -0.3 is 9.30 Å². The Morgan fingerprint density at radius 1 is 1.39 bits per heavy atom.